The summed E-state index contributed by atoms with van der Waals surface area (Å²) in [5, 5.41) is 0.352. The molecule has 0 N–H and O–H groups in total. The molecule has 0 aliphatic carbocycles. The van der Waals surface area contributed by atoms with E-state index in [0.29, 0.717) is 16.1 Å². The molecule has 106 valence electrons. The van der Waals surface area contributed by atoms with Crippen LogP contribution < -0.4 is 0 Å². The SMILES string of the molecule is O=C1OC(c2ccccc2Cl)C(=O)OC1c1ccccc1. The van der Waals surface area contributed by atoms with Crippen LogP contribution in [0, 0.1) is 0 Å². The second-order valence-electron chi connectivity index (χ2n) is 4.57. The minimum absolute atomic E-state index is 0.352. The highest BCUT2D eigenvalue weighted by Crippen LogP contribution is 2.34. The van der Waals surface area contributed by atoms with Gasteiger partial charge < -0.3 is 9.47 Å². The molecule has 0 radical (unpaired) electrons. The third-order valence-electron chi connectivity index (χ3n) is 3.19. The van der Waals surface area contributed by atoms with Gasteiger partial charge in [-0.05, 0) is 6.07 Å². The highest BCUT2D eigenvalue weighted by Gasteiger charge is 2.40. The molecule has 2 unspecified atom stereocenters. The molecule has 5 heteroatoms. The fourth-order valence-electron chi connectivity index (χ4n) is 2.16. The number of hydrogen-bond donors (Lipinski definition) is 0. The molecule has 1 saturated heterocycles. The Kier molecular flexibility index (Phi) is 3.62. The smallest absolute Gasteiger partial charge is 0.353 e. The maximum Gasteiger partial charge on any atom is 0.353 e. The van der Waals surface area contributed by atoms with Gasteiger partial charge >= 0.3 is 11.9 Å². The van der Waals surface area contributed by atoms with Gasteiger partial charge in [-0.2, -0.15) is 0 Å². The Bertz CT molecular complexity index is 684. The first-order valence-electron chi connectivity index (χ1n) is 6.37. The monoisotopic (exact) mass is 302 g/mol. The number of carbonyl (C=O) groups excluding carboxylic acids is 2. The number of ether oxygens (including phenoxy) is 2. The Hall–Kier alpha value is -2.33. The van der Waals surface area contributed by atoms with Gasteiger partial charge in [-0.25, -0.2) is 9.59 Å². The molecule has 1 fully saturated rings. The minimum atomic E-state index is -1.12. The van der Waals surface area contributed by atoms with Crippen LogP contribution in [0.15, 0.2) is 54.6 Å². The van der Waals surface area contributed by atoms with Crippen molar-refractivity contribution in [3.05, 3.63) is 70.7 Å². The number of hydrogen-bond acceptors (Lipinski definition) is 4. The molecule has 0 saturated carbocycles. The van der Waals surface area contributed by atoms with Crippen molar-refractivity contribution in [3.8, 4) is 0 Å². The third-order valence-corrected chi connectivity index (χ3v) is 3.53. The number of halogens is 1. The largest absolute Gasteiger partial charge is 0.442 e. The van der Waals surface area contributed by atoms with Crippen molar-refractivity contribution in [1.82, 2.24) is 0 Å². The van der Waals surface area contributed by atoms with Crippen molar-refractivity contribution < 1.29 is 19.1 Å². The predicted octanol–water partition coefficient (Wildman–Crippen LogP) is 3.22. The van der Waals surface area contributed by atoms with E-state index in [2.05, 4.69) is 0 Å². The number of benzene rings is 2. The van der Waals surface area contributed by atoms with E-state index in [1.54, 1.807) is 48.5 Å². The van der Waals surface area contributed by atoms with Gasteiger partial charge in [-0.15, -0.1) is 0 Å². The van der Waals surface area contributed by atoms with Crippen molar-refractivity contribution in [1.29, 1.82) is 0 Å². The average molecular weight is 303 g/mol. The Balaban J connectivity index is 1.87. The topological polar surface area (TPSA) is 52.6 Å². The van der Waals surface area contributed by atoms with E-state index in [-0.39, 0.29) is 0 Å². The van der Waals surface area contributed by atoms with Crippen LogP contribution in [0.5, 0.6) is 0 Å². The van der Waals surface area contributed by atoms with E-state index < -0.39 is 24.1 Å². The van der Waals surface area contributed by atoms with Crippen LogP contribution in [0.4, 0.5) is 0 Å². The van der Waals surface area contributed by atoms with Gasteiger partial charge in [0.15, 0.2) is 0 Å². The van der Waals surface area contributed by atoms with Crippen molar-refractivity contribution in [2.75, 3.05) is 0 Å². The van der Waals surface area contributed by atoms with Crippen LogP contribution in [0.1, 0.15) is 23.3 Å². The molecule has 2 aromatic rings. The number of esters is 2. The summed E-state index contributed by atoms with van der Waals surface area (Å²) in [6.07, 6.45) is -2.15. The molecule has 0 bridgehead atoms. The second-order valence-corrected chi connectivity index (χ2v) is 4.97. The van der Waals surface area contributed by atoms with Gasteiger partial charge in [-0.1, -0.05) is 60.1 Å². The lowest BCUT2D eigenvalue weighted by Crippen LogP contribution is -2.34. The second kappa shape index (κ2) is 5.58. The summed E-state index contributed by atoms with van der Waals surface area (Å²) in [4.78, 5) is 24.2. The molecule has 0 spiro atoms. The van der Waals surface area contributed by atoms with Crippen LogP contribution in [-0.2, 0) is 19.1 Å². The van der Waals surface area contributed by atoms with E-state index in [0.717, 1.165) is 0 Å². The van der Waals surface area contributed by atoms with E-state index in [4.69, 9.17) is 21.1 Å². The molecule has 21 heavy (non-hydrogen) atoms. The molecule has 2 atom stereocenters. The van der Waals surface area contributed by atoms with Gasteiger partial charge in [-0.3, -0.25) is 0 Å². The third kappa shape index (κ3) is 2.62. The standard InChI is InChI=1S/C16H11ClO4/c17-12-9-5-4-8-11(12)14-16(19)20-13(15(18)21-14)10-6-2-1-3-7-10/h1-9,13-14H. The zero-order valence-electron chi connectivity index (χ0n) is 10.9. The molecule has 0 amide bonds. The van der Waals surface area contributed by atoms with Crippen molar-refractivity contribution in [3.63, 3.8) is 0 Å². The highest BCUT2D eigenvalue weighted by atomic mass is 35.5. The van der Waals surface area contributed by atoms with Crippen molar-refractivity contribution in [2.45, 2.75) is 12.2 Å². The first-order valence-corrected chi connectivity index (χ1v) is 6.75. The van der Waals surface area contributed by atoms with Crippen molar-refractivity contribution >= 4 is 23.5 Å². The van der Waals surface area contributed by atoms with Gasteiger partial charge in [0.1, 0.15) is 0 Å². The lowest BCUT2D eigenvalue weighted by molar-refractivity contribution is -0.196. The van der Waals surface area contributed by atoms with Gasteiger partial charge in [0.05, 0.1) is 0 Å². The summed E-state index contributed by atoms with van der Waals surface area (Å²) in [6, 6.07) is 15.4. The van der Waals surface area contributed by atoms with Gasteiger partial charge in [0.25, 0.3) is 0 Å². The lowest BCUT2D eigenvalue weighted by Gasteiger charge is -2.28. The lowest BCUT2D eigenvalue weighted by atomic mass is 10.1. The van der Waals surface area contributed by atoms with Crippen LogP contribution in [0.25, 0.3) is 0 Å². The fourth-order valence-corrected chi connectivity index (χ4v) is 2.40. The summed E-state index contributed by atoms with van der Waals surface area (Å²) >= 11 is 6.02. The Morgan fingerprint density at radius 1 is 0.762 bits per heavy atom. The average Bonchev–Trinajstić information content (AvgIpc) is 2.51. The predicted molar refractivity (Wildman–Crippen MR) is 75.6 cm³/mol. The molecule has 1 aliphatic rings. The fraction of sp³-hybridized carbons (Fsp3) is 0.125. The summed E-state index contributed by atoms with van der Waals surface area (Å²) in [5.74, 6) is -1.23. The summed E-state index contributed by atoms with van der Waals surface area (Å²) in [7, 11) is 0. The number of cyclic esters (lactones) is 2. The summed E-state index contributed by atoms with van der Waals surface area (Å²) in [6.45, 7) is 0. The molecule has 3 rings (SSSR count). The highest BCUT2D eigenvalue weighted by molar-refractivity contribution is 6.31. The molecule has 0 aromatic heterocycles. The van der Waals surface area contributed by atoms with E-state index in [1.165, 1.54) is 0 Å². The van der Waals surface area contributed by atoms with E-state index >= 15 is 0 Å². The molecule has 1 heterocycles. The molecule has 1 aliphatic heterocycles. The number of carbonyl (C=O) groups is 2. The quantitative estimate of drug-likeness (QED) is 0.799. The summed E-state index contributed by atoms with van der Waals surface area (Å²) in [5.41, 5.74) is 0.998. The minimum Gasteiger partial charge on any atom is -0.442 e. The normalized spacial score (nSPS) is 21.6. The Morgan fingerprint density at radius 2 is 1.33 bits per heavy atom. The van der Waals surface area contributed by atoms with Gasteiger partial charge in [0.2, 0.25) is 12.2 Å². The molecular weight excluding hydrogens is 292 g/mol. The Morgan fingerprint density at radius 3 is 2.05 bits per heavy atom. The summed E-state index contributed by atoms with van der Waals surface area (Å²) < 4.78 is 10.5. The Labute approximate surface area is 126 Å². The zero-order chi connectivity index (χ0) is 14.8. The van der Waals surface area contributed by atoms with Crippen LogP contribution in [0.2, 0.25) is 5.02 Å². The maximum absolute atomic E-state index is 12.1. The van der Waals surface area contributed by atoms with Gasteiger partial charge in [0, 0.05) is 16.1 Å². The van der Waals surface area contributed by atoms with E-state index in [9.17, 15) is 9.59 Å². The maximum atomic E-state index is 12.1. The van der Waals surface area contributed by atoms with Crippen molar-refractivity contribution in [2.24, 2.45) is 0 Å². The number of rotatable bonds is 2. The van der Waals surface area contributed by atoms with E-state index in [1.807, 2.05) is 6.07 Å². The van der Waals surface area contributed by atoms with Crippen LogP contribution in [-0.4, -0.2) is 11.9 Å². The zero-order valence-corrected chi connectivity index (χ0v) is 11.6. The first-order chi connectivity index (χ1) is 10.2. The van der Waals surface area contributed by atoms with Crippen LogP contribution >= 0.6 is 11.6 Å². The van der Waals surface area contributed by atoms with Crippen LogP contribution in [0.3, 0.4) is 0 Å². The molecule has 4 nitrogen and oxygen atoms in total. The first kappa shape index (κ1) is 13.6. The molecular formula is C16H11ClO4. The molecule has 2 aromatic carbocycles.